The van der Waals surface area contributed by atoms with Gasteiger partial charge in [-0.05, 0) is 28.6 Å². The summed E-state index contributed by atoms with van der Waals surface area (Å²) in [5, 5.41) is 0.301. The van der Waals surface area contributed by atoms with Gasteiger partial charge in [-0.15, -0.1) is 0 Å². The monoisotopic (exact) mass is 368 g/mol. The Balaban J connectivity index is 4.43. The van der Waals surface area contributed by atoms with Crippen molar-refractivity contribution in [2.24, 2.45) is 0 Å². The zero-order valence-corrected chi connectivity index (χ0v) is 15.5. The minimum atomic E-state index is -1.62. The maximum Gasteiger partial charge on any atom is 0.192 e. The molecule has 1 atom stereocenters. The molecule has 0 aromatic carbocycles. The number of unbranched alkanes of at least 4 members (excludes halogenated alkanes) is 2. The molecule has 0 saturated heterocycles. The number of rotatable bonds is 7. The van der Waals surface area contributed by atoms with Gasteiger partial charge in [-0.25, -0.2) is 0 Å². The van der Waals surface area contributed by atoms with Gasteiger partial charge in [0.2, 0.25) is 0 Å². The first-order valence-electron chi connectivity index (χ1n) is 6.69. The van der Waals surface area contributed by atoms with Gasteiger partial charge in [0.15, 0.2) is 8.32 Å². The lowest BCUT2D eigenvalue weighted by Gasteiger charge is -2.38. The predicted molar refractivity (Wildman–Crippen MR) is 89.4 cm³/mol. The van der Waals surface area contributed by atoms with E-state index in [-0.39, 0.29) is 0 Å². The summed E-state index contributed by atoms with van der Waals surface area (Å²) in [6, 6.07) is 0. The second kappa shape index (κ2) is 7.95. The maximum absolute atomic E-state index is 6.44. The van der Waals surface area contributed by atoms with E-state index in [1.54, 1.807) is 0 Å². The lowest BCUT2D eigenvalue weighted by molar-refractivity contribution is 0.211. The molecule has 0 aliphatic heterocycles. The SMILES string of the molecule is CCCCC[C@@H](/C=C\I)O[Si](C)(C)C(C)(C)C. The van der Waals surface area contributed by atoms with Crippen LogP contribution >= 0.6 is 22.6 Å². The van der Waals surface area contributed by atoms with Crippen LogP contribution in [0.5, 0.6) is 0 Å². The maximum atomic E-state index is 6.44. The molecule has 0 aromatic rings. The molecule has 0 bridgehead atoms. The van der Waals surface area contributed by atoms with E-state index in [0.717, 1.165) is 0 Å². The quantitative estimate of drug-likeness (QED) is 0.309. The third-order valence-electron chi connectivity index (χ3n) is 3.63. The Morgan fingerprint density at radius 2 is 1.82 bits per heavy atom. The van der Waals surface area contributed by atoms with E-state index in [0.29, 0.717) is 11.1 Å². The van der Waals surface area contributed by atoms with Gasteiger partial charge in [0.05, 0.1) is 6.10 Å². The Morgan fingerprint density at radius 1 is 1.24 bits per heavy atom. The third kappa shape index (κ3) is 6.96. The van der Waals surface area contributed by atoms with Crippen molar-refractivity contribution in [1.82, 2.24) is 0 Å². The second-order valence-corrected chi connectivity index (χ2v) is 11.7. The molecule has 0 amide bonds. The van der Waals surface area contributed by atoms with Gasteiger partial charge in [-0.3, -0.25) is 0 Å². The summed E-state index contributed by atoms with van der Waals surface area (Å²) in [5.74, 6) is 0. The molecule has 17 heavy (non-hydrogen) atoms. The summed E-state index contributed by atoms with van der Waals surface area (Å²) in [5.41, 5.74) is 0. The Bertz CT molecular complexity index is 231. The van der Waals surface area contributed by atoms with Crippen molar-refractivity contribution in [3.63, 3.8) is 0 Å². The average molecular weight is 368 g/mol. The van der Waals surface area contributed by atoms with Gasteiger partial charge in [0.1, 0.15) is 0 Å². The minimum Gasteiger partial charge on any atom is -0.411 e. The van der Waals surface area contributed by atoms with Gasteiger partial charge in [-0.1, -0.05) is 75.6 Å². The van der Waals surface area contributed by atoms with Crippen LogP contribution in [0.25, 0.3) is 0 Å². The van der Waals surface area contributed by atoms with Crippen molar-refractivity contribution >= 4 is 30.9 Å². The van der Waals surface area contributed by atoms with Crippen LogP contribution in [0.3, 0.4) is 0 Å². The Labute approximate surface area is 123 Å². The fraction of sp³-hybridized carbons (Fsp3) is 0.857. The number of halogens is 1. The second-order valence-electron chi connectivity index (χ2n) is 6.23. The molecule has 0 spiro atoms. The topological polar surface area (TPSA) is 9.23 Å². The molecule has 0 aliphatic rings. The standard InChI is InChI=1S/C14H29IOSi/c1-7-8-9-10-13(11-12-15)16-17(5,6)14(2,3)4/h11-13H,7-10H2,1-6H3/b12-11-/t13-/m0/s1. The number of hydrogen-bond donors (Lipinski definition) is 0. The smallest absolute Gasteiger partial charge is 0.192 e. The van der Waals surface area contributed by atoms with Crippen molar-refractivity contribution in [3.8, 4) is 0 Å². The molecule has 0 fully saturated rings. The van der Waals surface area contributed by atoms with Crippen LogP contribution in [0.4, 0.5) is 0 Å². The molecule has 0 N–H and O–H groups in total. The van der Waals surface area contributed by atoms with Gasteiger partial charge >= 0.3 is 0 Å². The molecule has 0 saturated carbocycles. The fourth-order valence-electron chi connectivity index (χ4n) is 1.43. The summed E-state index contributed by atoms with van der Waals surface area (Å²) < 4.78 is 8.54. The van der Waals surface area contributed by atoms with Crippen LogP contribution < -0.4 is 0 Å². The summed E-state index contributed by atoms with van der Waals surface area (Å²) >= 11 is 2.29. The highest BCUT2D eigenvalue weighted by Gasteiger charge is 2.38. The van der Waals surface area contributed by atoms with Gasteiger partial charge in [-0.2, -0.15) is 0 Å². The van der Waals surface area contributed by atoms with E-state index in [1.165, 1.54) is 25.7 Å². The van der Waals surface area contributed by atoms with Crippen LogP contribution in [0, 0.1) is 0 Å². The molecule has 0 heterocycles. The molecule has 0 radical (unpaired) electrons. The Kier molecular flexibility index (Phi) is 8.25. The Morgan fingerprint density at radius 3 is 2.24 bits per heavy atom. The first-order chi connectivity index (χ1) is 7.74. The van der Waals surface area contributed by atoms with Crippen LogP contribution in [-0.2, 0) is 4.43 Å². The zero-order valence-electron chi connectivity index (χ0n) is 12.3. The third-order valence-corrected chi connectivity index (χ3v) is 8.55. The molecule has 0 aliphatic carbocycles. The fourth-order valence-corrected chi connectivity index (χ4v) is 3.20. The zero-order chi connectivity index (χ0) is 13.5. The molecular formula is C14H29IOSi. The largest absolute Gasteiger partial charge is 0.411 e. The molecule has 0 unspecified atom stereocenters. The number of hydrogen-bond acceptors (Lipinski definition) is 1. The minimum absolute atomic E-state index is 0.301. The highest BCUT2D eigenvalue weighted by molar-refractivity contribution is 14.1. The summed E-state index contributed by atoms with van der Waals surface area (Å²) in [6.45, 7) is 13.8. The molecule has 0 aromatic heterocycles. The van der Waals surface area contributed by atoms with E-state index in [9.17, 15) is 0 Å². The molecule has 102 valence electrons. The van der Waals surface area contributed by atoms with E-state index in [4.69, 9.17) is 4.43 Å². The van der Waals surface area contributed by atoms with Crippen LogP contribution in [0.15, 0.2) is 10.2 Å². The lowest BCUT2D eigenvalue weighted by atomic mass is 10.1. The highest BCUT2D eigenvalue weighted by atomic mass is 127. The van der Waals surface area contributed by atoms with Crippen LogP contribution in [-0.4, -0.2) is 14.4 Å². The van der Waals surface area contributed by atoms with E-state index >= 15 is 0 Å². The first kappa shape index (κ1) is 17.6. The molecule has 1 nitrogen and oxygen atoms in total. The summed E-state index contributed by atoms with van der Waals surface area (Å²) in [6.07, 6.45) is 7.57. The van der Waals surface area contributed by atoms with E-state index < -0.39 is 8.32 Å². The summed E-state index contributed by atoms with van der Waals surface area (Å²) in [7, 11) is -1.62. The van der Waals surface area contributed by atoms with Gasteiger partial charge < -0.3 is 4.43 Å². The van der Waals surface area contributed by atoms with E-state index in [1.807, 2.05) is 0 Å². The van der Waals surface area contributed by atoms with Gasteiger partial charge in [0.25, 0.3) is 0 Å². The average Bonchev–Trinajstić information content (AvgIpc) is 2.16. The molecular weight excluding hydrogens is 339 g/mol. The summed E-state index contributed by atoms with van der Waals surface area (Å²) in [4.78, 5) is 0. The van der Waals surface area contributed by atoms with E-state index in [2.05, 4.69) is 73.5 Å². The van der Waals surface area contributed by atoms with Crippen molar-refractivity contribution in [2.45, 2.75) is 77.6 Å². The Hall–Kier alpha value is 0.647. The van der Waals surface area contributed by atoms with Crippen molar-refractivity contribution < 1.29 is 4.43 Å². The highest BCUT2D eigenvalue weighted by Crippen LogP contribution is 2.38. The normalized spacial score (nSPS) is 15.5. The van der Waals surface area contributed by atoms with Crippen molar-refractivity contribution in [2.75, 3.05) is 0 Å². The van der Waals surface area contributed by atoms with Crippen LogP contribution in [0.2, 0.25) is 18.1 Å². The first-order valence-corrected chi connectivity index (χ1v) is 10.8. The molecule has 3 heteroatoms. The lowest BCUT2D eigenvalue weighted by Crippen LogP contribution is -2.43. The van der Waals surface area contributed by atoms with Crippen molar-refractivity contribution in [1.29, 1.82) is 0 Å². The van der Waals surface area contributed by atoms with Crippen LogP contribution in [0.1, 0.15) is 53.4 Å². The molecule has 0 rings (SSSR count). The predicted octanol–water partition coefficient (Wildman–Crippen LogP) is 5.91. The van der Waals surface area contributed by atoms with Crippen molar-refractivity contribution in [3.05, 3.63) is 10.2 Å². The van der Waals surface area contributed by atoms with Gasteiger partial charge in [0, 0.05) is 0 Å².